The highest BCUT2D eigenvalue weighted by atomic mass is 32.1. The molecular formula is C19H18NO3PS. The van der Waals surface area contributed by atoms with Crippen molar-refractivity contribution in [3.8, 4) is 0 Å². The maximum Gasteiger partial charge on any atom is 0.350 e. The minimum Gasteiger partial charge on any atom is -0.462 e. The molecule has 3 rings (SSSR count). The number of thiazole rings is 1. The molecule has 0 spiro atoms. The van der Waals surface area contributed by atoms with Gasteiger partial charge in [0.05, 0.1) is 12.3 Å². The van der Waals surface area contributed by atoms with Gasteiger partial charge in [-0.25, -0.2) is 9.78 Å². The van der Waals surface area contributed by atoms with E-state index in [2.05, 4.69) is 4.98 Å². The zero-order chi connectivity index (χ0) is 17.9. The van der Waals surface area contributed by atoms with Gasteiger partial charge in [-0.05, 0) is 13.8 Å². The van der Waals surface area contributed by atoms with Crippen molar-refractivity contribution < 1.29 is 14.1 Å². The number of nitrogens with zero attached hydrogens (tertiary/aromatic N) is 1. The number of esters is 1. The molecule has 0 fully saturated rings. The van der Waals surface area contributed by atoms with E-state index in [9.17, 15) is 9.36 Å². The second-order valence-electron chi connectivity index (χ2n) is 5.41. The molecule has 3 aromatic rings. The molecule has 0 saturated heterocycles. The van der Waals surface area contributed by atoms with Gasteiger partial charge in [-0.2, -0.15) is 0 Å². The summed E-state index contributed by atoms with van der Waals surface area (Å²) in [6.07, 6.45) is 0. The number of ether oxygens (including phenoxy) is 1. The summed E-state index contributed by atoms with van der Waals surface area (Å²) >= 11 is 1.16. The SMILES string of the molecule is CCOC(=O)c1sc(P(=O)(c2ccccc2)c2ccccc2)nc1C. The van der Waals surface area contributed by atoms with Crippen LogP contribution >= 0.6 is 18.5 Å². The van der Waals surface area contributed by atoms with E-state index in [0.717, 1.165) is 11.3 Å². The fourth-order valence-electron chi connectivity index (χ4n) is 2.55. The summed E-state index contributed by atoms with van der Waals surface area (Å²) in [7, 11) is -3.14. The first-order valence-electron chi connectivity index (χ1n) is 7.93. The van der Waals surface area contributed by atoms with E-state index in [0.29, 0.717) is 32.5 Å². The molecule has 0 radical (unpaired) electrons. The Morgan fingerprint density at radius 2 is 1.56 bits per heavy atom. The lowest BCUT2D eigenvalue weighted by molar-refractivity contribution is 0.0531. The van der Waals surface area contributed by atoms with Gasteiger partial charge in [0.2, 0.25) is 0 Å². The van der Waals surface area contributed by atoms with Crippen molar-refractivity contribution in [2.24, 2.45) is 0 Å². The first kappa shape index (κ1) is 17.6. The average molecular weight is 371 g/mol. The average Bonchev–Trinajstić information content (AvgIpc) is 3.05. The van der Waals surface area contributed by atoms with E-state index in [-0.39, 0.29) is 0 Å². The third kappa shape index (κ3) is 3.30. The van der Waals surface area contributed by atoms with Crippen molar-refractivity contribution in [2.75, 3.05) is 6.61 Å². The van der Waals surface area contributed by atoms with Crippen LogP contribution in [0.5, 0.6) is 0 Å². The van der Waals surface area contributed by atoms with Gasteiger partial charge in [0.25, 0.3) is 0 Å². The second kappa shape index (κ2) is 7.34. The van der Waals surface area contributed by atoms with Crippen molar-refractivity contribution in [3.05, 3.63) is 71.2 Å². The maximum absolute atomic E-state index is 14.2. The van der Waals surface area contributed by atoms with Crippen LogP contribution in [0, 0.1) is 6.92 Å². The fraction of sp³-hybridized carbons (Fsp3) is 0.158. The molecule has 0 bridgehead atoms. The molecule has 0 atom stereocenters. The van der Waals surface area contributed by atoms with Gasteiger partial charge in [-0.15, -0.1) is 11.3 Å². The van der Waals surface area contributed by atoms with E-state index in [1.54, 1.807) is 13.8 Å². The first-order chi connectivity index (χ1) is 12.1. The second-order valence-corrected chi connectivity index (χ2v) is 9.39. The van der Waals surface area contributed by atoms with Gasteiger partial charge >= 0.3 is 5.97 Å². The predicted octanol–water partition coefficient (Wildman–Crippen LogP) is 3.27. The highest BCUT2D eigenvalue weighted by Gasteiger charge is 2.34. The zero-order valence-corrected chi connectivity index (χ0v) is 15.7. The van der Waals surface area contributed by atoms with E-state index in [4.69, 9.17) is 4.74 Å². The van der Waals surface area contributed by atoms with Gasteiger partial charge < -0.3 is 9.30 Å². The smallest absolute Gasteiger partial charge is 0.350 e. The number of aromatic nitrogens is 1. The van der Waals surface area contributed by atoms with Gasteiger partial charge in [0.15, 0.2) is 11.9 Å². The van der Waals surface area contributed by atoms with Crippen molar-refractivity contribution in [1.82, 2.24) is 4.98 Å². The quantitative estimate of drug-likeness (QED) is 0.510. The minimum absolute atomic E-state index is 0.292. The monoisotopic (exact) mass is 371 g/mol. The lowest BCUT2D eigenvalue weighted by Gasteiger charge is -2.16. The van der Waals surface area contributed by atoms with E-state index in [1.807, 2.05) is 60.7 Å². The standard InChI is InChI=1S/C19H18NO3PS/c1-3-23-18(21)17-14(2)20-19(25-17)24(22,15-10-6-4-7-11-15)16-12-8-5-9-13-16/h4-13H,3H2,1-2H3. The third-order valence-corrected chi connectivity index (χ3v) is 8.43. The lowest BCUT2D eigenvalue weighted by Crippen LogP contribution is -2.24. The Hall–Kier alpha value is -2.23. The Labute approximate surface area is 150 Å². The molecule has 25 heavy (non-hydrogen) atoms. The van der Waals surface area contributed by atoms with Gasteiger partial charge in [0, 0.05) is 10.6 Å². The zero-order valence-electron chi connectivity index (χ0n) is 14.0. The number of rotatable bonds is 5. The summed E-state index contributed by atoms with van der Waals surface area (Å²) in [4.78, 5) is 17.0. The number of hydrogen-bond acceptors (Lipinski definition) is 5. The van der Waals surface area contributed by atoms with E-state index >= 15 is 0 Å². The van der Waals surface area contributed by atoms with Crippen molar-refractivity contribution in [1.29, 1.82) is 0 Å². The molecule has 4 nitrogen and oxygen atoms in total. The summed E-state index contributed by atoms with van der Waals surface area (Å²) < 4.78 is 19.7. The lowest BCUT2D eigenvalue weighted by atomic mass is 10.4. The summed E-state index contributed by atoms with van der Waals surface area (Å²) in [5.41, 5.74) is 0.547. The van der Waals surface area contributed by atoms with Crippen LogP contribution in [0.15, 0.2) is 60.7 Å². The number of carbonyl (C=O) groups excluding carboxylic acids is 1. The van der Waals surface area contributed by atoms with Gasteiger partial charge in [-0.1, -0.05) is 60.7 Å². The topological polar surface area (TPSA) is 56.3 Å². The van der Waals surface area contributed by atoms with Gasteiger partial charge in [-0.3, -0.25) is 0 Å². The molecule has 1 heterocycles. The van der Waals surface area contributed by atoms with E-state index < -0.39 is 13.1 Å². The van der Waals surface area contributed by atoms with Crippen molar-refractivity contribution in [2.45, 2.75) is 13.8 Å². The summed E-state index contributed by atoms with van der Waals surface area (Å²) in [5, 5.41) is 1.40. The normalized spacial score (nSPS) is 11.3. The molecule has 1 aromatic heterocycles. The number of carbonyl (C=O) groups is 1. The summed E-state index contributed by atoms with van der Waals surface area (Å²) in [6, 6.07) is 18.6. The van der Waals surface area contributed by atoms with Crippen LogP contribution in [0.2, 0.25) is 0 Å². The van der Waals surface area contributed by atoms with Crippen LogP contribution in [0.3, 0.4) is 0 Å². The first-order valence-corrected chi connectivity index (χ1v) is 10.5. The molecule has 0 N–H and O–H groups in total. The number of hydrogen-bond donors (Lipinski definition) is 0. The highest BCUT2D eigenvalue weighted by Crippen LogP contribution is 2.43. The number of aryl methyl sites for hydroxylation is 1. The van der Waals surface area contributed by atoms with Crippen LogP contribution in [-0.2, 0) is 9.30 Å². The molecular weight excluding hydrogens is 353 g/mol. The van der Waals surface area contributed by atoms with Crippen LogP contribution in [0.1, 0.15) is 22.3 Å². The summed E-state index contributed by atoms with van der Waals surface area (Å²) in [5.74, 6) is -0.420. The Morgan fingerprint density at radius 1 is 1.04 bits per heavy atom. The molecule has 0 amide bonds. The summed E-state index contributed by atoms with van der Waals surface area (Å²) in [6.45, 7) is 3.79. The fourth-order valence-corrected chi connectivity index (χ4v) is 6.88. The Bertz CT molecular complexity index is 879. The highest BCUT2D eigenvalue weighted by molar-refractivity contribution is 7.88. The van der Waals surface area contributed by atoms with Gasteiger partial charge in [0.1, 0.15) is 4.88 Å². The molecule has 6 heteroatoms. The molecule has 0 aliphatic heterocycles. The molecule has 0 aliphatic rings. The van der Waals surface area contributed by atoms with Crippen LogP contribution < -0.4 is 15.4 Å². The minimum atomic E-state index is -3.14. The maximum atomic E-state index is 14.2. The van der Waals surface area contributed by atoms with Crippen molar-refractivity contribution in [3.63, 3.8) is 0 Å². The Balaban J connectivity index is 2.19. The molecule has 0 saturated carbocycles. The van der Waals surface area contributed by atoms with Crippen LogP contribution in [0.25, 0.3) is 0 Å². The molecule has 0 unspecified atom stereocenters. The Morgan fingerprint density at radius 3 is 2.04 bits per heavy atom. The molecule has 0 aliphatic carbocycles. The Kier molecular flexibility index (Phi) is 5.16. The van der Waals surface area contributed by atoms with E-state index in [1.165, 1.54) is 0 Å². The predicted molar refractivity (Wildman–Crippen MR) is 102 cm³/mol. The third-order valence-electron chi connectivity index (χ3n) is 3.76. The number of benzene rings is 2. The van der Waals surface area contributed by atoms with Crippen LogP contribution in [0.4, 0.5) is 0 Å². The largest absolute Gasteiger partial charge is 0.462 e. The molecule has 128 valence electrons. The van der Waals surface area contributed by atoms with Crippen LogP contribution in [-0.4, -0.2) is 17.6 Å². The van der Waals surface area contributed by atoms with Crippen molar-refractivity contribution >= 4 is 39.8 Å². The molecule has 2 aromatic carbocycles.